The van der Waals surface area contributed by atoms with Crippen LogP contribution in [0.4, 0.5) is 11.5 Å². The Bertz CT molecular complexity index is 768. The van der Waals surface area contributed by atoms with Crippen LogP contribution in [-0.2, 0) is 6.54 Å². The Morgan fingerprint density at radius 2 is 1.85 bits per heavy atom. The highest BCUT2D eigenvalue weighted by Gasteiger charge is 2.15. The van der Waals surface area contributed by atoms with E-state index in [0.717, 1.165) is 37.6 Å². The van der Waals surface area contributed by atoms with Gasteiger partial charge in [-0.15, -0.1) is 0 Å². The van der Waals surface area contributed by atoms with Crippen LogP contribution in [0, 0.1) is 10.1 Å². The maximum absolute atomic E-state index is 12.1. The SMILES string of the molecule is CN1CCN(c2ccc(CNC(=O)c3ccc([N+](=O)[O-])cc3)cn2)CC1. The van der Waals surface area contributed by atoms with Crippen LogP contribution in [-0.4, -0.2) is 53.9 Å². The van der Waals surface area contributed by atoms with Gasteiger partial charge in [0, 0.05) is 56.6 Å². The summed E-state index contributed by atoms with van der Waals surface area (Å²) >= 11 is 0. The number of pyridine rings is 1. The summed E-state index contributed by atoms with van der Waals surface area (Å²) < 4.78 is 0. The number of nitrogens with one attached hydrogen (secondary N) is 1. The minimum atomic E-state index is -0.491. The summed E-state index contributed by atoms with van der Waals surface area (Å²) in [6.45, 7) is 4.31. The van der Waals surface area contributed by atoms with E-state index < -0.39 is 4.92 Å². The molecule has 0 bridgehead atoms. The number of non-ortho nitro benzene ring substituents is 1. The van der Waals surface area contributed by atoms with Crippen molar-refractivity contribution in [2.45, 2.75) is 6.54 Å². The molecule has 1 aromatic heterocycles. The average Bonchev–Trinajstić information content (AvgIpc) is 2.67. The van der Waals surface area contributed by atoms with E-state index in [-0.39, 0.29) is 11.6 Å². The lowest BCUT2D eigenvalue weighted by atomic mass is 10.2. The summed E-state index contributed by atoms with van der Waals surface area (Å²) in [5.41, 5.74) is 1.25. The molecular weight excluding hydrogens is 334 g/mol. The standard InChI is InChI=1S/C18H21N5O3/c1-21-8-10-22(11-9-21)17-7-2-14(12-19-17)13-20-18(24)15-3-5-16(6-4-15)23(25)26/h2-7,12H,8-11,13H2,1H3,(H,20,24). The van der Waals surface area contributed by atoms with E-state index in [2.05, 4.69) is 27.1 Å². The molecule has 2 aromatic rings. The average molecular weight is 355 g/mol. The van der Waals surface area contributed by atoms with Crippen molar-refractivity contribution in [2.24, 2.45) is 0 Å². The van der Waals surface area contributed by atoms with Crippen LogP contribution in [0.3, 0.4) is 0 Å². The van der Waals surface area contributed by atoms with Crippen molar-refractivity contribution in [3.63, 3.8) is 0 Å². The summed E-state index contributed by atoms with van der Waals surface area (Å²) in [5, 5.41) is 13.4. The molecule has 1 fully saturated rings. The molecule has 0 aliphatic carbocycles. The third-order valence-electron chi connectivity index (χ3n) is 4.43. The van der Waals surface area contributed by atoms with Crippen molar-refractivity contribution in [1.29, 1.82) is 0 Å². The van der Waals surface area contributed by atoms with Crippen molar-refractivity contribution in [1.82, 2.24) is 15.2 Å². The van der Waals surface area contributed by atoms with Crippen LogP contribution in [0.1, 0.15) is 15.9 Å². The number of aromatic nitrogens is 1. The maximum Gasteiger partial charge on any atom is 0.269 e. The molecule has 1 amide bonds. The molecule has 0 spiro atoms. The number of benzene rings is 1. The number of nitro benzene ring substituents is 1. The van der Waals surface area contributed by atoms with E-state index in [9.17, 15) is 14.9 Å². The van der Waals surface area contributed by atoms with E-state index in [4.69, 9.17) is 0 Å². The highest BCUT2D eigenvalue weighted by atomic mass is 16.6. The van der Waals surface area contributed by atoms with Gasteiger partial charge >= 0.3 is 0 Å². The molecule has 0 radical (unpaired) electrons. The zero-order valence-electron chi connectivity index (χ0n) is 14.6. The Hall–Kier alpha value is -3.00. The van der Waals surface area contributed by atoms with Gasteiger partial charge in [0.25, 0.3) is 11.6 Å². The third-order valence-corrected chi connectivity index (χ3v) is 4.43. The van der Waals surface area contributed by atoms with Gasteiger partial charge in [-0.1, -0.05) is 6.07 Å². The fraction of sp³-hybridized carbons (Fsp3) is 0.333. The minimum absolute atomic E-state index is 0.0368. The fourth-order valence-corrected chi connectivity index (χ4v) is 2.76. The van der Waals surface area contributed by atoms with E-state index in [1.807, 2.05) is 12.1 Å². The summed E-state index contributed by atoms with van der Waals surface area (Å²) in [6.07, 6.45) is 1.77. The Balaban J connectivity index is 1.54. The van der Waals surface area contributed by atoms with Crippen LogP contribution in [0.5, 0.6) is 0 Å². The Kier molecular flexibility index (Phi) is 5.43. The molecule has 0 saturated carbocycles. The molecule has 3 rings (SSSR count). The summed E-state index contributed by atoms with van der Waals surface area (Å²) in [5.74, 6) is 0.673. The van der Waals surface area contributed by atoms with Gasteiger partial charge in [-0.2, -0.15) is 0 Å². The van der Waals surface area contributed by atoms with Crippen molar-refractivity contribution >= 4 is 17.4 Å². The van der Waals surface area contributed by atoms with Gasteiger partial charge in [0.05, 0.1) is 4.92 Å². The first-order valence-electron chi connectivity index (χ1n) is 8.44. The predicted molar refractivity (Wildman–Crippen MR) is 98.2 cm³/mol. The van der Waals surface area contributed by atoms with E-state index in [1.165, 1.54) is 24.3 Å². The molecule has 8 nitrogen and oxygen atoms in total. The van der Waals surface area contributed by atoms with Gasteiger partial charge < -0.3 is 15.1 Å². The summed E-state index contributed by atoms with van der Waals surface area (Å²) in [7, 11) is 2.11. The monoisotopic (exact) mass is 355 g/mol. The highest BCUT2D eigenvalue weighted by molar-refractivity contribution is 5.94. The highest BCUT2D eigenvalue weighted by Crippen LogP contribution is 2.14. The lowest BCUT2D eigenvalue weighted by molar-refractivity contribution is -0.384. The van der Waals surface area contributed by atoms with Crippen molar-refractivity contribution in [3.05, 3.63) is 63.8 Å². The number of nitro groups is 1. The van der Waals surface area contributed by atoms with Crippen molar-refractivity contribution in [2.75, 3.05) is 38.1 Å². The minimum Gasteiger partial charge on any atom is -0.354 e. The number of carbonyl (C=O) groups excluding carboxylic acids is 1. The van der Waals surface area contributed by atoms with Gasteiger partial charge in [0.2, 0.25) is 0 Å². The molecule has 0 unspecified atom stereocenters. The van der Waals surface area contributed by atoms with Gasteiger partial charge in [0.1, 0.15) is 5.82 Å². The number of piperazine rings is 1. The number of likely N-dealkylation sites (N-methyl/N-ethyl adjacent to an activating group) is 1. The van der Waals surface area contributed by atoms with E-state index in [0.29, 0.717) is 12.1 Å². The first-order chi connectivity index (χ1) is 12.5. The predicted octanol–water partition coefficient (Wildman–Crippen LogP) is 1.67. The molecule has 1 aliphatic heterocycles. The Labute approximate surface area is 151 Å². The number of hydrogen-bond acceptors (Lipinski definition) is 6. The second kappa shape index (κ2) is 7.92. The number of hydrogen-bond donors (Lipinski definition) is 1. The van der Waals surface area contributed by atoms with E-state index in [1.54, 1.807) is 6.20 Å². The van der Waals surface area contributed by atoms with Crippen LogP contribution in [0.25, 0.3) is 0 Å². The number of rotatable bonds is 5. The van der Waals surface area contributed by atoms with Crippen LogP contribution in [0.15, 0.2) is 42.6 Å². The molecule has 8 heteroatoms. The Morgan fingerprint density at radius 1 is 1.15 bits per heavy atom. The second-order valence-corrected chi connectivity index (χ2v) is 6.30. The van der Waals surface area contributed by atoms with Gasteiger partial charge in [0.15, 0.2) is 0 Å². The first-order valence-corrected chi connectivity index (χ1v) is 8.44. The van der Waals surface area contributed by atoms with Gasteiger partial charge in [-0.05, 0) is 30.8 Å². The topological polar surface area (TPSA) is 91.6 Å². The first kappa shape index (κ1) is 17.8. The lowest BCUT2D eigenvalue weighted by Crippen LogP contribution is -2.44. The van der Waals surface area contributed by atoms with Crippen molar-refractivity contribution in [3.8, 4) is 0 Å². The molecular formula is C18H21N5O3. The summed E-state index contributed by atoms with van der Waals surface area (Å²) in [4.78, 5) is 31.3. The third kappa shape index (κ3) is 4.34. The van der Waals surface area contributed by atoms with Gasteiger partial charge in [-0.25, -0.2) is 4.98 Å². The van der Waals surface area contributed by atoms with Crippen LogP contribution >= 0.6 is 0 Å². The molecule has 136 valence electrons. The van der Waals surface area contributed by atoms with Crippen LogP contribution in [0.2, 0.25) is 0 Å². The Morgan fingerprint density at radius 3 is 2.42 bits per heavy atom. The second-order valence-electron chi connectivity index (χ2n) is 6.30. The lowest BCUT2D eigenvalue weighted by Gasteiger charge is -2.33. The zero-order valence-corrected chi connectivity index (χ0v) is 14.6. The normalized spacial score (nSPS) is 14.9. The fourth-order valence-electron chi connectivity index (χ4n) is 2.76. The van der Waals surface area contributed by atoms with Gasteiger partial charge in [-0.3, -0.25) is 14.9 Å². The number of carbonyl (C=O) groups is 1. The molecule has 26 heavy (non-hydrogen) atoms. The quantitative estimate of drug-likeness (QED) is 0.648. The number of anilines is 1. The molecule has 1 saturated heterocycles. The molecule has 1 N–H and O–H groups in total. The smallest absolute Gasteiger partial charge is 0.269 e. The largest absolute Gasteiger partial charge is 0.354 e. The number of amides is 1. The molecule has 0 atom stereocenters. The molecule has 1 aliphatic rings. The zero-order chi connectivity index (χ0) is 18.5. The molecule has 2 heterocycles. The van der Waals surface area contributed by atoms with E-state index >= 15 is 0 Å². The number of nitrogens with zero attached hydrogens (tertiary/aromatic N) is 4. The summed E-state index contributed by atoms with van der Waals surface area (Å²) in [6, 6.07) is 9.46. The molecule has 1 aromatic carbocycles. The maximum atomic E-state index is 12.1. The van der Waals surface area contributed by atoms with Crippen molar-refractivity contribution < 1.29 is 9.72 Å². The van der Waals surface area contributed by atoms with Crippen LogP contribution < -0.4 is 10.2 Å².